The first-order valence-electron chi connectivity index (χ1n) is 7.64. The summed E-state index contributed by atoms with van der Waals surface area (Å²) in [4.78, 5) is 44.5. The van der Waals surface area contributed by atoms with Gasteiger partial charge in [-0.2, -0.15) is 0 Å². The van der Waals surface area contributed by atoms with E-state index in [1.807, 2.05) is 30.3 Å². The lowest BCUT2D eigenvalue weighted by atomic mass is 10.2. The van der Waals surface area contributed by atoms with E-state index in [0.29, 0.717) is 11.5 Å². The lowest BCUT2D eigenvalue weighted by Gasteiger charge is -2.13. The first kappa shape index (κ1) is 15.8. The number of amides is 3. The maximum Gasteiger partial charge on any atom is 0.229 e. The van der Waals surface area contributed by atoms with Gasteiger partial charge >= 0.3 is 0 Å². The molecule has 0 radical (unpaired) electrons. The summed E-state index contributed by atoms with van der Waals surface area (Å²) >= 11 is 0. The van der Waals surface area contributed by atoms with Crippen LogP contribution in [0.2, 0.25) is 0 Å². The van der Waals surface area contributed by atoms with Crippen molar-refractivity contribution in [1.29, 1.82) is 0 Å². The summed E-state index contributed by atoms with van der Waals surface area (Å²) in [6.07, 6.45) is 3.57. The molecule has 1 saturated heterocycles. The van der Waals surface area contributed by atoms with Crippen LogP contribution in [0.15, 0.2) is 42.7 Å². The van der Waals surface area contributed by atoms with Crippen LogP contribution >= 0.6 is 0 Å². The van der Waals surface area contributed by atoms with Crippen LogP contribution in [0.3, 0.4) is 0 Å². The summed E-state index contributed by atoms with van der Waals surface area (Å²) in [7, 11) is 0. The van der Waals surface area contributed by atoms with Crippen molar-refractivity contribution in [3.8, 4) is 11.4 Å². The Morgan fingerprint density at radius 2 is 1.67 bits per heavy atom. The van der Waals surface area contributed by atoms with Crippen molar-refractivity contribution < 1.29 is 14.4 Å². The van der Waals surface area contributed by atoms with Crippen molar-refractivity contribution in [3.63, 3.8) is 0 Å². The molecule has 0 bridgehead atoms. The number of nitrogens with zero attached hydrogens (tertiary/aromatic N) is 3. The largest absolute Gasteiger partial charge is 0.323 e. The van der Waals surface area contributed by atoms with Crippen molar-refractivity contribution in [2.45, 2.75) is 19.3 Å². The summed E-state index contributed by atoms with van der Waals surface area (Å²) in [5.41, 5.74) is 1.36. The van der Waals surface area contributed by atoms with Gasteiger partial charge in [-0.05, 0) is 0 Å². The fourth-order valence-corrected chi connectivity index (χ4v) is 2.44. The average Bonchev–Trinajstić information content (AvgIpc) is 2.93. The van der Waals surface area contributed by atoms with E-state index in [1.165, 1.54) is 12.4 Å². The molecule has 0 unspecified atom stereocenters. The Labute approximate surface area is 138 Å². The Bertz CT molecular complexity index is 743. The molecule has 1 N–H and O–H groups in total. The molecule has 122 valence electrons. The van der Waals surface area contributed by atoms with Gasteiger partial charge in [-0.25, -0.2) is 9.97 Å². The van der Waals surface area contributed by atoms with E-state index in [1.54, 1.807) is 0 Å². The predicted octanol–water partition coefficient (Wildman–Crippen LogP) is 1.62. The standard InChI is InChI=1S/C17H16N4O3/c22-14(8-9-21-15(23)6-7-16(21)24)20-13-10-18-17(19-11-13)12-4-2-1-3-5-12/h1-5,10-11H,6-9H2,(H,20,22). The van der Waals surface area contributed by atoms with Gasteiger partial charge in [-0.3, -0.25) is 19.3 Å². The zero-order chi connectivity index (χ0) is 16.9. The quantitative estimate of drug-likeness (QED) is 0.844. The van der Waals surface area contributed by atoms with Gasteiger partial charge in [0.25, 0.3) is 0 Å². The number of anilines is 1. The number of carbonyl (C=O) groups excluding carboxylic acids is 3. The number of carbonyl (C=O) groups is 3. The molecule has 0 atom stereocenters. The minimum absolute atomic E-state index is 0.0535. The molecule has 7 nitrogen and oxygen atoms in total. The molecular weight excluding hydrogens is 308 g/mol. The molecule has 7 heteroatoms. The number of rotatable bonds is 5. The van der Waals surface area contributed by atoms with Crippen molar-refractivity contribution in [1.82, 2.24) is 14.9 Å². The number of hydrogen-bond acceptors (Lipinski definition) is 5. The third-order valence-corrected chi connectivity index (χ3v) is 3.68. The second-order valence-corrected chi connectivity index (χ2v) is 5.40. The lowest BCUT2D eigenvalue weighted by Crippen LogP contribution is -2.32. The third kappa shape index (κ3) is 3.62. The molecule has 0 aliphatic carbocycles. The topological polar surface area (TPSA) is 92.3 Å². The first-order chi connectivity index (χ1) is 11.6. The molecule has 0 spiro atoms. The molecule has 2 heterocycles. The zero-order valence-electron chi connectivity index (χ0n) is 12.9. The fourth-order valence-electron chi connectivity index (χ4n) is 2.44. The summed E-state index contributed by atoms with van der Waals surface area (Å²) in [5, 5.41) is 2.66. The molecule has 1 aromatic heterocycles. The fraction of sp³-hybridized carbons (Fsp3) is 0.235. The van der Waals surface area contributed by atoms with Crippen molar-refractivity contribution >= 4 is 23.4 Å². The summed E-state index contributed by atoms with van der Waals surface area (Å²) in [6, 6.07) is 9.51. The van der Waals surface area contributed by atoms with Gasteiger partial charge in [-0.15, -0.1) is 0 Å². The van der Waals surface area contributed by atoms with Gasteiger partial charge in [0.05, 0.1) is 18.1 Å². The lowest BCUT2D eigenvalue weighted by molar-refractivity contribution is -0.138. The van der Waals surface area contributed by atoms with Crippen LogP contribution < -0.4 is 5.32 Å². The number of likely N-dealkylation sites (tertiary alicyclic amines) is 1. The van der Waals surface area contributed by atoms with E-state index in [9.17, 15) is 14.4 Å². The maximum absolute atomic E-state index is 11.9. The van der Waals surface area contributed by atoms with Gasteiger partial charge in [-0.1, -0.05) is 30.3 Å². The monoisotopic (exact) mass is 324 g/mol. The minimum Gasteiger partial charge on any atom is -0.323 e. The molecular formula is C17H16N4O3. The Balaban J connectivity index is 1.55. The second-order valence-electron chi connectivity index (χ2n) is 5.40. The van der Waals surface area contributed by atoms with Crippen LogP contribution in [0.5, 0.6) is 0 Å². The molecule has 3 rings (SSSR count). The van der Waals surface area contributed by atoms with Gasteiger partial charge in [0, 0.05) is 31.4 Å². The van der Waals surface area contributed by atoms with E-state index in [2.05, 4.69) is 15.3 Å². The predicted molar refractivity (Wildman–Crippen MR) is 86.7 cm³/mol. The Hall–Kier alpha value is -3.09. The van der Waals surface area contributed by atoms with Crippen molar-refractivity contribution in [2.75, 3.05) is 11.9 Å². The SMILES string of the molecule is O=C(CCN1C(=O)CCC1=O)Nc1cnc(-c2ccccc2)nc1. The number of imide groups is 1. The van der Waals surface area contributed by atoms with E-state index >= 15 is 0 Å². The van der Waals surface area contributed by atoms with Gasteiger partial charge < -0.3 is 5.32 Å². The number of aromatic nitrogens is 2. The molecule has 1 aromatic carbocycles. The molecule has 1 aliphatic heterocycles. The van der Waals surface area contributed by atoms with Crippen molar-refractivity contribution in [3.05, 3.63) is 42.7 Å². The van der Waals surface area contributed by atoms with Crippen LogP contribution in [-0.2, 0) is 14.4 Å². The Morgan fingerprint density at radius 1 is 1.04 bits per heavy atom. The summed E-state index contributed by atoms with van der Waals surface area (Å²) in [5.74, 6) is -0.160. The van der Waals surface area contributed by atoms with Crippen LogP contribution in [0.4, 0.5) is 5.69 Å². The van der Waals surface area contributed by atoms with E-state index < -0.39 is 0 Å². The number of nitrogens with one attached hydrogen (secondary N) is 1. The highest BCUT2D eigenvalue weighted by Gasteiger charge is 2.28. The van der Waals surface area contributed by atoms with E-state index in [4.69, 9.17) is 0 Å². The zero-order valence-corrected chi connectivity index (χ0v) is 12.9. The van der Waals surface area contributed by atoms with Crippen molar-refractivity contribution in [2.24, 2.45) is 0 Å². The van der Waals surface area contributed by atoms with Crippen LogP contribution in [0.1, 0.15) is 19.3 Å². The smallest absolute Gasteiger partial charge is 0.229 e. The maximum atomic E-state index is 11.9. The molecule has 1 aliphatic rings. The van der Waals surface area contributed by atoms with Crippen LogP contribution in [-0.4, -0.2) is 39.1 Å². The Kier molecular flexibility index (Phi) is 4.60. The summed E-state index contributed by atoms with van der Waals surface area (Å²) in [6.45, 7) is 0.104. The highest BCUT2D eigenvalue weighted by molar-refractivity contribution is 6.02. The molecule has 24 heavy (non-hydrogen) atoms. The normalized spacial score (nSPS) is 14.1. The van der Waals surface area contributed by atoms with E-state index in [-0.39, 0.29) is 43.5 Å². The third-order valence-electron chi connectivity index (χ3n) is 3.68. The number of benzene rings is 1. The molecule has 0 saturated carbocycles. The van der Waals surface area contributed by atoms with Gasteiger partial charge in [0.2, 0.25) is 17.7 Å². The minimum atomic E-state index is -0.293. The molecule has 3 amide bonds. The van der Waals surface area contributed by atoms with Crippen LogP contribution in [0, 0.1) is 0 Å². The highest BCUT2D eigenvalue weighted by atomic mass is 16.2. The first-order valence-corrected chi connectivity index (χ1v) is 7.64. The second kappa shape index (κ2) is 6.99. The highest BCUT2D eigenvalue weighted by Crippen LogP contribution is 2.15. The summed E-state index contributed by atoms with van der Waals surface area (Å²) < 4.78 is 0. The molecule has 1 fully saturated rings. The molecule has 2 aromatic rings. The number of hydrogen-bond donors (Lipinski definition) is 1. The average molecular weight is 324 g/mol. The van der Waals surface area contributed by atoms with E-state index in [0.717, 1.165) is 10.5 Å². The van der Waals surface area contributed by atoms with Crippen LogP contribution in [0.25, 0.3) is 11.4 Å². The Morgan fingerprint density at radius 3 is 2.29 bits per heavy atom. The van der Waals surface area contributed by atoms with Gasteiger partial charge in [0.15, 0.2) is 5.82 Å². The van der Waals surface area contributed by atoms with Gasteiger partial charge in [0.1, 0.15) is 0 Å².